The summed E-state index contributed by atoms with van der Waals surface area (Å²) in [5.74, 6) is -18.5. The van der Waals surface area contributed by atoms with Crippen LogP contribution in [0.2, 0.25) is 10.0 Å². The third-order valence-corrected chi connectivity index (χ3v) is 25.5. The van der Waals surface area contributed by atoms with Gasteiger partial charge in [0.15, 0.2) is 30.1 Å². The highest BCUT2D eigenvalue weighted by Gasteiger charge is 2.54. The minimum atomic E-state index is -5.04. The molecule has 768 valence electrons. The SMILES string of the molecule is C.CN[C@H](CC(C)C)C(=O)NC1C(=O)N[C@@H](CC(N)=O)C(=O)N[C@H]2C(=O)N[C@H]3C(=O)N[C@H](C(=O)N[C@@H](C(=O)O)c4cc(O)cc(O)c4-c4cc3ccc4O)[C@H](OC3C[C@](C)(NCCN4CCOCC4)[C@@H](O)[C@H](C)O3)c3ccc(c(Cl)c3)Oc3cc2cc(c3O[C@@H]2O[C@H](CO)[C@@H](O[C@@H]3O[C@H](CNCc4cccc(NC(=O)c5cccc(OC(F)(F)F)c5)c4)[C@H](O)[C@H](O)[C@H]3O)[C@H](O)[C@H]2O)Oc2ccc(cc2Cl)[C@H]1O. The number of aliphatic carboxylic acids is 1. The summed E-state index contributed by atoms with van der Waals surface area (Å²) in [6, 6.07) is 9.16. The molecular weight excluding hydrogens is 1920 g/mol. The molecule has 11 bridgehead atoms. The number of aliphatic hydroxyl groups excluding tert-OH is 8. The van der Waals surface area contributed by atoms with Gasteiger partial charge in [0, 0.05) is 85.2 Å². The Morgan fingerprint density at radius 3 is 1.99 bits per heavy atom. The van der Waals surface area contributed by atoms with Gasteiger partial charge in [0.2, 0.25) is 53.4 Å². The summed E-state index contributed by atoms with van der Waals surface area (Å²) < 4.78 is 100. The number of morpholine rings is 1. The molecule has 7 aromatic carbocycles. The Morgan fingerprint density at radius 1 is 0.676 bits per heavy atom. The average molecular weight is 2030 g/mol. The van der Waals surface area contributed by atoms with Crippen LogP contribution in [0.4, 0.5) is 18.9 Å². The highest BCUT2D eigenvalue weighted by atomic mass is 35.5. The molecule has 9 aliphatic heterocycles. The number of aromatic hydroxyl groups is 3. The number of nitrogens with one attached hydrogen (secondary N) is 10. The van der Waals surface area contributed by atoms with Crippen molar-refractivity contribution in [2.45, 2.75) is 207 Å². The predicted octanol–water partition coefficient (Wildman–Crippen LogP) is 2.48. The standard InChI is InChI=1S/C93H107Cl2F3N12O31.CH4/c1-39(2)24-54(100-5)83(124)108-70-72(116)43-13-16-58(52(94)28-43)134-60-30-46-31-61(79(60)139-91-77(121)75(119)80(63(38-111)137-91)140-90-76(120)74(118)73(117)62(136-90)37-101-36-41-8-6-10-47(25-41)103-82(123)45-9-7-11-49(26-45)141-93(96,97)98)135-59-17-14-44(29-53(59)95)78(138-65-35-92(4,81(122)40(3)133-65)102-18-19-110-20-22-132-23-21-110)71-88(129)107-69(89(130)131)51-32-48(112)33-57(114)66(51)50-27-42(12-15-56(50)113)67(85(126)109-71)106-86(127)68(46)105-84(125)55(34-64(99)115)104-87(70)128;/h6-17,25-33,39-40,54-55,62-63,65,67-78,80-81,90-91,100-102,111-114,116-122H,18-24,34-38H2,1-5H3,(H2,99,115)(H,103,123)(H,104,128)(H,105,125)(H,106,127)(H,107,129)(H,108,124)(H,109,126)(H,130,131);1H4/t40-,54+,55-,62+,63+,65?,67+,68+,69+,70?,71-,72+,73-,74-,75+,76+,77+,78+,80+,81-,90-,91-,92-;/m0./s1. The van der Waals surface area contributed by atoms with Crippen molar-refractivity contribution >= 4 is 82.1 Å². The van der Waals surface area contributed by atoms with Crippen LogP contribution in [0.5, 0.6) is 51.7 Å². The summed E-state index contributed by atoms with van der Waals surface area (Å²) in [5, 5.41) is 167. The van der Waals surface area contributed by atoms with Gasteiger partial charge in [-0.2, -0.15) is 0 Å². The highest BCUT2D eigenvalue weighted by molar-refractivity contribution is 6.32. The van der Waals surface area contributed by atoms with Crippen molar-refractivity contribution in [3.05, 3.63) is 176 Å². The van der Waals surface area contributed by atoms with Gasteiger partial charge in [0.05, 0.1) is 54.5 Å². The maximum absolute atomic E-state index is 16.6. The predicted molar refractivity (Wildman–Crippen MR) is 492 cm³/mol. The summed E-state index contributed by atoms with van der Waals surface area (Å²) in [5.41, 5.74) is 1.95. The van der Waals surface area contributed by atoms with E-state index in [0.29, 0.717) is 38.4 Å². The topological polar surface area (TPSA) is 638 Å². The maximum atomic E-state index is 16.6. The molecule has 48 heteroatoms. The van der Waals surface area contributed by atoms with E-state index in [2.05, 4.69) is 62.8 Å². The van der Waals surface area contributed by atoms with Crippen molar-refractivity contribution < 1.29 is 165 Å². The molecule has 0 saturated carbocycles. The molecule has 8 amide bonds. The number of amides is 8. The van der Waals surface area contributed by atoms with Crippen molar-refractivity contribution in [3.8, 4) is 62.9 Å². The average Bonchev–Trinajstić information content (AvgIpc) is 0.751. The fourth-order valence-electron chi connectivity index (χ4n) is 17.6. The van der Waals surface area contributed by atoms with E-state index >= 15 is 24.0 Å². The number of primary amides is 1. The molecule has 0 spiro atoms. The molecule has 4 saturated heterocycles. The lowest BCUT2D eigenvalue weighted by atomic mass is 9.85. The van der Waals surface area contributed by atoms with Crippen LogP contribution in [-0.2, 0) is 73.3 Å². The first-order chi connectivity index (χ1) is 66.9. The number of ether oxygens (including phenoxy) is 10. The second kappa shape index (κ2) is 45.7. The molecule has 23 atom stereocenters. The lowest BCUT2D eigenvalue weighted by Gasteiger charge is -2.47. The molecule has 0 aromatic heterocycles. The zero-order chi connectivity index (χ0) is 102. The molecule has 43 nitrogen and oxygen atoms in total. The number of fused-ring (bicyclic) bond motifs is 15. The number of nitrogens with two attached hydrogens (primary N) is 1. The lowest BCUT2D eigenvalue weighted by molar-refractivity contribution is -0.350. The molecule has 9 heterocycles. The van der Waals surface area contributed by atoms with Crippen molar-refractivity contribution in [1.29, 1.82) is 0 Å². The van der Waals surface area contributed by atoms with Crippen molar-refractivity contribution in [1.82, 2.24) is 52.8 Å². The number of anilines is 1. The third-order valence-electron chi connectivity index (χ3n) is 24.9. The van der Waals surface area contributed by atoms with Crippen LogP contribution >= 0.6 is 23.2 Å². The van der Waals surface area contributed by atoms with Crippen LogP contribution < -0.4 is 77.8 Å². The van der Waals surface area contributed by atoms with Gasteiger partial charge in [-0.05, 0) is 146 Å². The summed E-state index contributed by atoms with van der Waals surface area (Å²) >= 11 is 14.6. The number of alkyl halides is 3. The van der Waals surface area contributed by atoms with Gasteiger partial charge in [0.1, 0.15) is 126 Å². The minimum absolute atomic E-state index is 0. The number of halogens is 5. The quantitative estimate of drug-likeness (QED) is 0.0370. The number of nitrogens with zero attached hydrogens (tertiary/aromatic N) is 1. The fourth-order valence-corrected chi connectivity index (χ4v) is 18.1. The van der Waals surface area contributed by atoms with Crippen LogP contribution in [0.25, 0.3) is 11.1 Å². The zero-order valence-corrected chi connectivity index (χ0v) is 77.4. The normalized spacial score (nSPS) is 28.4. The molecule has 24 N–H and O–H groups in total. The van der Waals surface area contributed by atoms with Gasteiger partial charge < -0.3 is 168 Å². The number of carbonyl (C=O) groups excluding carboxylic acids is 8. The van der Waals surface area contributed by atoms with Crippen LogP contribution in [0.1, 0.15) is 128 Å². The van der Waals surface area contributed by atoms with E-state index in [0.717, 1.165) is 78.9 Å². The Balaban J connectivity index is 0.0000169. The largest absolute Gasteiger partial charge is 0.573 e. The summed E-state index contributed by atoms with van der Waals surface area (Å²) in [6.45, 7) is 8.10. The number of phenolic OH excluding ortho intramolecular Hbond substituents is 3. The van der Waals surface area contributed by atoms with E-state index < -0.39 is 302 Å². The molecule has 16 rings (SSSR count). The van der Waals surface area contributed by atoms with Crippen LogP contribution in [-0.4, -0.2) is 295 Å². The maximum Gasteiger partial charge on any atom is 0.573 e. The Hall–Kier alpha value is -12.0. The number of carboxylic acid groups (broad SMARTS) is 1. The van der Waals surface area contributed by atoms with E-state index in [9.17, 15) is 93.6 Å². The Morgan fingerprint density at radius 2 is 1.32 bits per heavy atom. The first-order valence-corrected chi connectivity index (χ1v) is 45.6. The third kappa shape index (κ3) is 24.9. The van der Waals surface area contributed by atoms with Crippen molar-refractivity contribution in [2.75, 3.05) is 64.9 Å². The number of likely N-dealkylation sites (N-methyl/N-ethyl adjacent to an activating group) is 1. The number of benzene rings is 7. The molecule has 0 aliphatic carbocycles. The Labute approximate surface area is 819 Å². The van der Waals surface area contributed by atoms with E-state index in [1.54, 1.807) is 26.8 Å². The van der Waals surface area contributed by atoms with Gasteiger partial charge in [-0.1, -0.05) is 80.9 Å². The van der Waals surface area contributed by atoms with Crippen molar-refractivity contribution in [3.63, 3.8) is 0 Å². The van der Waals surface area contributed by atoms with E-state index in [1.807, 2.05) is 0 Å². The molecule has 4 fully saturated rings. The zero-order valence-electron chi connectivity index (χ0n) is 75.9. The first-order valence-electron chi connectivity index (χ1n) is 44.8. The van der Waals surface area contributed by atoms with Gasteiger partial charge in [-0.15, -0.1) is 13.2 Å². The number of carboxylic acids is 1. The Bertz CT molecular complexity index is 5800. The first kappa shape index (κ1) is 107. The monoisotopic (exact) mass is 2030 g/mol. The van der Waals surface area contributed by atoms with E-state index in [-0.39, 0.29) is 68.2 Å². The molecule has 9 aliphatic rings. The number of hydrogen-bond donors (Lipinski definition) is 23. The van der Waals surface area contributed by atoms with Gasteiger partial charge >= 0.3 is 12.3 Å². The molecular formula is C94H111Cl2F3N12O31. The fraction of sp³-hybridized carbons (Fsp3) is 0.457. The number of rotatable bonds is 26. The molecule has 7 aromatic rings. The van der Waals surface area contributed by atoms with Crippen LogP contribution in [0, 0.1) is 5.92 Å². The summed E-state index contributed by atoms with van der Waals surface area (Å²) in [7, 11) is 1.45. The smallest absolute Gasteiger partial charge is 0.508 e. The number of hydrogen-bond acceptors (Lipinski definition) is 34. The van der Waals surface area contributed by atoms with Gasteiger partial charge in [-0.3, -0.25) is 43.3 Å². The number of aliphatic hydroxyl groups is 8. The second-order valence-corrected chi connectivity index (χ2v) is 36.3. The number of phenols is 3. The number of carbonyl (C=O) groups is 9. The Kier molecular flexibility index (Phi) is 34.6. The van der Waals surface area contributed by atoms with Gasteiger partial charge in [0.25, 0.3) is 5.91 Å². The van der Waals surface area contributed by atoms with E-state index in [4.69, 9.17) is 71.6 Å². The minimum Gasteiger partial charge on any atom is -0.508 e. The molecule has 142 heavy (non-hydrogen) atoms. The van der Waals surface area contributed by atoms with Crippen LogP contribution in [0.15, 0.2) is 127 Å². The second-order valence-electron chi connectivity index (χ2n) is 35.5. The highest BCUT2D eigenvalue weighted by Crippen LogP contribution is 2.51. The molecule has 0 radical (unpaired) electrons. The van der Waals surface area contributed by atoms with Gasteiger partial charge in [-0.25, -0.2) is 4.79 Å². The summed E-state index contributed by atoms with van der Waals surface area (Å²) in [6.07, 6.45) is -35.1. The summed E-state index contributed by atoms with van der Waals surface area (Å²) in [4.78, 5) is 137. The van der Waals surface area contributed by atoms with E-state index in [1.165, 1.54) is 56.4 Å². The lowest BCUT2D eigenvalue weighted by Crippen LogP contribution is -2.65. The van der Waals surface area contributed by atoms with Crippen molar-refractivity contribution in [2.24, 2.45) is 11.7 Å². The van der Waals surface area contributed by atoms with Crippen LogP contribution in [0.3, 0.4) is 0 Å². The molecule has 2 unspecified atom stereocenters.